The standard InChI is InChI=1S/C14H14O4/c1-2-10-4-3-5-11(8-10)18-9-13-12(14(15)16)6-7-17-13/h3-8H,2,9H2,1H3,(H,15,16). The Labute approximate surface area is 105 Å². The Morgan fingerprint density at radius 1 is 1.39 bits per heavy atom. The van der Waals surface area contributed by atoms with Crippen LogP contribution < -0.4 is 4.74 Å². The van der Waals surface area contributed by atoms with Crippen molar-refractivity contribution in [3.8, 4) is 5.75 Å². The van der Waals surface area contributed by atoms with Gasteiger partial charge in [0, 0.05) is 0 Å². The van der Waals surface area contributed by atoms with Crippen molar-refractivity contribution in [1.29, 1.82) is 0 Å². The van der Waals surface area contributed by atoms with Crippen LogP contribution in [0, 0.1) is 0 Å². The predicted molar refractivity (Wildman–Crippen MR) is 65.8 cm³/mol. The summed E-state index contributed by atoms with van der Waals surface area (Å²) in [5, 5.41) is 8.92. The maximum absolute atomic E-state index is 10.9. The topological polar surface area (TPSA) is 59.7 Å². The lowest BCUT2D eigenvalue weighted by Gasteiger charge is -2.06. The maximum atomic E-state index is 10.9. The van der Waals surface area contributed by atoms with Crippen molar-refractivity contribution in [2.45, 2.75) is 20.0 Å². The third-order valence-corrected chi connectivity index (χ3v) is 2.65. The Morgan fingerprint density at radius 3 is 2.94 bits per heavy atom. The monoisotopic (exact) mass is 246 g/mol. The summed E-state index contributed by atoms with van der Waals surface area (Å²) in [6.45, 7) is 2.18. The first-order valence-corrected chi connectivity index (χ1v) is 5.72. The summed E-state index contributed by atoms with van der Waals surface area (Å²) >= 11 is 0. The molecule has 1 N–H and O–H groups in total. The lowest BCUT2D eigenvalue weighted by Crippen LogP contribution is -2.02. The zero-order chi connectivity index (χ0) is 13.0. The smallest absolute Gasteiger partial charge is 0.339 e. The summed E-state index contributed by atoms with van der Waals surface area (Å²) in [6.07, 6.45) is 2.28. The third-order valence-electron chi connectivity index (χ3n) is 2.65. The molecule has 1 aromatic heterocycles. The molecule has 0 bridgehead atoms. The largest absolute Gasteiger partial charge is 0.486 e. The number of ether oxygens (including phenoxy) is 1. The van der Waals surface area contributed by atoms with E-state index in [-0.39, 0.29) is 12.2 Å². The number of rotatable bonds is 5. The van der Waals surface area contributed by atoms with Crippen LogP contribution in [-0.2, 0) is 13.0 Å². The zero-order valence-corrected chi connectivity index (χ0v) is 10.1. The van der Waals surface area contributed by atoms with Gasteiger partial charge in [0.25, 0.3) is 0 Å². The molecule has 0 amide bonds. The van der Waals surface area contributed by atoms with E-state index in [1.165, 1.54) is 17.9 Å². The Morgan fingerprint density at radius 2 is 2.22 bits per heavy atom. The zero-order valence-electron chi connectivity index (χ0n) is 10.1. The molecule has 1 heterocycles. The van der Waals surface area contributed by atoms with Gasteiger partial charge in [0.1, 0.15) is 17.9 Å². The molecule has 2 rings (SSSR count). The van der Waals surface area contributed by atoms with Gasteiger partial charge in [-0.2, -0.15) is 0 Å². The van der Waals surface area contributed by atoms with E-state index >= 15 is 0 Å². The summed E-state index contributed by atoms with van der Waals surface area (Å²) in [6, 6.07) is 9.12. The van der Waals surface area contributed by atoms with Crippen LogP contribution in [0.4, 0.5) is 0 Å². The van der Waals surface area contributed by atoms with Gasteiger partial charge in [0.05, 0.1) is 6.26 Å². The first kappa shape index (κ1) is 12.2. The fraction of sp³-hybridized carbons (Fsp3) is 0.214. The van der Waals surface area contributed by atoms with Gasteiger partial charge in [-0.1, -0.05) is 19.1 Å². The van der Waals surface area contributed by atoms with E-state index in [0.717, 1.165) is 6.42 Å². The highest BCUT2D eigenvalue weighted by molar-refractivity contribution is 5.88. The fourth-order valence-corrected chi connectivity index (χ4v) is 1.65. The maximum Gasteiger partial charge on any atom is 0.339 e. The van der Waals surface area contributed by atoms with Crippen LogP contribution in [0.5, 0.6) is 5.75 Å². The summed E-state index contributed by atoms with van der Waals surface area (Å²) in [5.41, 5.74) is 1.31. The summed E-state index contributed by atoms with van der Waals surface area (Å²) < 4.78 is 10.6. The number of aromatic carboxylic acids is 1. The fourth-order valence-electron chi connectivity index (χ4n) is 1.65. The third kappa shape index (κ3) is 2.71. The van der Waals surface area contributed by atoms with Gasteiger partial charge in [-0.3, -0.25) is 0 Å². The number of carbonyl (C=O) groups is 1. The average molecular weight is 246 g/mol. The van der Waals surface area contributed by atoms with Gasteiger partial charge in [0.15, 0.2) is 5.76 Å². The van der Waals surface area contributed by atoms with Crippen molar-refractivity contribution in [1.82, 2.24) is 0 Å². The Kier molecular flexibility index (Phi) is 3.67. The Balaban J connectivity index is 2.06. The lowest BCUT2D eigenvalue weighted by molar-refractivity contribution is 0.0692. The number of aryl methyl sites for hydroxylation is 1. The van der Waals surface area contributed by atoms with Crippen molar-refractivity contribution in [2.24, 2.45) is 0 Å². The number of carboxylic acid groups (broad SMARTS) is 1. The van der Waals surface area contributed by atoms with E-state index in [4.69, 9.17) is 14.3 Å². The number of hydrogen-bond acceptors (Lipinski definition) is 3. The number of carboxylic acids is 1. The molecule has 0 radical (unpaired) electrons. The molecule has 1 aromatic carbocycles. The van der Waals surface area contributed by atoms with Crippen LogP contribution in [0.1, 0.15) is 28.6 Å². The first-order chi connectivity index (χ1) is 8.70. The van der Waals surface area contributed by atoms with Crippen molar-refractivity contribution in [3.05, 3.63) is 53.5 Å². The molecule has 0 unspecified atom stereocenters. The minimum atomic E-state index is -1.01. The van der Waals surface area contributed by atoms with Crippen molar-refractivity contribution in [3.63, 3.8) is 0 Å². The number of hydrogen-bond donors (Lipinski definition) is 1. The molecule has 0 aliphatic carbocycles. The quantitative estimate of drug-likeness (QED) is 0.880. The van der Waals surface area contributed by atoms with E-state index in [1.54, 1.807) is 0 Å². The second-order valence-electron chi connectivity index (χ2n) is 3.85. The second kappa shape index (κ2) is 5.40. The summed E-state index contributed by atoms with van der Waals surface area (Å²) in [7, 11) is 0. The van der Waals surface area contributed by atoms with E-state index in [9.17, 15) is 4.79 Å². The van der Waals surface area contributed by atoms with Gasteiger partial charge >= 0.3 is 5.97 Å². The summed E-state index contributed by atoms with van der Waals surface area (Å²) in [4.78, 5) is 10.9. The molecule has 4 nitrogen and oxygen atoms in total. The molecule has 94 valence electrons. The van der Waals surface area contributed by atoms with E-state index in [1.807, 2.05) is 24.3 Å². The Hall–Kier alpha value is -2.23. The molecule has 0 saturated carbocycles. The Bertz CT molecular complexity index is 542. The molecule has 4 heteroatoms. The second-order valence-corrected chi connectivity index (χ2v) is 3.85. The normalized spacial score (nSPS) is 10.3. The first-order valence-electron chi connectivity index (χ1n) is 5.72. The molecule has 0 saturated heterocycles. The van der Waals surface area contributed by atoms with E-state index < -0.39 is 5.97 Å². The van der Waals surface area contributed by atoms with Gasteiger partial charge in [-0.25, -0.2) is 4.79 Å². The van der Waals surface area contributed by atoms with Crippen LogP contribution >= 0.6 is 0 Å². The van der Waals surface area contributed by atoms with Crippen molar-refractivity contribution < 1.29 is 19.1 Å². The average Bonchev–Trinajstić information content (AvgIpc) is 2.85. The summed E-state index contributed by atoms with van der Waals surface area (Å²) in [5.74, 6) is 0.0242. The van der Waals surface area contributed by atoms with Crippen molar-refractivity contribution in [2.75, 3.05) is 0 Å². The number of benzene rings is 1. The molecule has 0 aliphatic heterocycles. The lowest BCUT2D eigenvalue weighted by atomic mass is 10.2. The minimum absolute atomic E-state index is 0.113. The molecular weight excluding hydrogens is 232 g/mol. The van der Waals surface area contributed by atoms with Crippen LogP contribution in [0.2, 0.25) is 0 Å². The molecule has 0 spiro atoms. The van der Waals surface area contributed by atoms with E-state index in [2.05, 4.69) is 6.92 Å². The highest BCUT2D eigenvalue weighted by Gasteiger charge is 2.13. The SMILES string of the molecule is CCc1cccc(OCc2occc2C(=O)O)c1. The van der Waals surface area contributed by atoms with Gasteiger partial charge in [0.2, 0.25) is 0 Å². The predicted octanol–water partition coefficient (Wildman–Crippen LogP) is 3.12. The van der Waals surface area contributed by atoms with Crippen LogP contribution in [-0.4, -0.2) is 11.1 Å². The van der Waals surface area contributed by atoms with Gasteiger partial charge in [-0.15, -0.1) is 0 Å². The highest BCUT2D eigenvalue weighted by Crippen LogP contribution is 2.17. The van der Waals surface area contributed by atoms with Crippen LogP contribution in [0.15, 0.2) is 41.0 Å². The minimum Gasteiger partial charge on any atom is -0.486 e. The van der Waals surface area contributed by atoms with E-state index in [0.29, 0.717) is 11.5 Å². The molecular formula is C14H14O4. The number of furan rings is 1. The highest BCUT2D eigenvalue weighted by atomic mass is 16.5. The molecule has 2 aromatic rings. The van der Waals surface area contributed by atoms with Gasteiger partial charge in [-0.05, 0) is 30.2 Å². The molecule has 0 aliphatic rings. The van der Waals surface area contributed by atoms with Gasteiger partial charge < -0.3 is 14.3 Å². The molecule has 0 fully saturated rings. The van der Waals surface area contributed by atoms with Crippen molar-refractivity contribution >= 4 is 5.97 Å². The van der Waals surface area contributed by atoms with Crippen LogP contribution in [0.25, 0.3) is 0 Å². The molecule has 18 heavy (non-hydrogen) atoms. The molecule has 0 atom stereocenters. The van der Waals surface area contributed by atoms with Crippen LogP contribution in [0.3, 0.4) is 0 Å².